The van der Waals surface area contributed by atoms with E-state index in [2.05, 4.69) is 5.32 Å². The highest BCUT2D eigenvalue weighted by Gasteiger charge is 2.26. The first-order valence-electron chi connectivity index (χ1n) is 8.99. The molecule has 1 N–H and O–H groups in total. The minimum Gasteiger partial charge on any atom is -0.337 e. The monoisotopic (exact) mass is 406 g/mol. The van der Waals surface area contributed by atoms with Gasteiger partial charge in [-0.05, 0) is 36.2 Å². The largest absolute Gasteiger partial charge is 0.337 e. The highest BCUT2D eigenvalue weighted by atomic mass is 32.2. The normalized spacial score (nSPS) is 13.1. The number of nitrogens with zero attached hydrogens (tertiary/aromatic N) is 1. The van der Waals surface area contributed by atoms with Crippen LogP contribution in [0.2, 0.25) is 0 Å². The van der Waals surface area contributed by atoms with Gasteiger partial charge in [-0.2, -0.15) is 0 Å². The van der Waals surface area contributed by atoms with Crippen LogP contribution in [0.25, 0.3) is 0 Å². The summed E-state index contributed by atoms with van der Waals surface area (Å²) in [7, 11) is -1.59. The van der Waals surface area contributed by atoms with Gasteiger partial charge in [0.15, 0.2) is 9.84 Å². The zero-order valence-electron chi connectivity index (χ0n) is 16.9. The molecule has 0 aromatic heterocycles. The average molecular weight is 407 g/mol. The van der Waals surface area contributed by atoms with Gasteiger partial charge in [-0.25, -0.2) is 17.6 Å². The Labute approximate surface area is 166 Å². The van der Waals surface area contributed by atoms with E-state index in [1.807, 2.05) is 20.8 Å². The van der Waals surface area contributed by atoms with E-state index in [0.29, 0.717) is 5.56 Å². The van der Waals surface area contributed by atoms with Crippen molar-refractivity contribution in [3.8, 4) is 0 Å². The second kappa shape index (κ2) is 8.31. The average Bonchev–Trinajstić information content (AvgIpc) is 2.64. The second-order valence-corrected chi connectivity index (χ2v) is 9.67. The molecular formula is C21H27FN2O3S. The molecule has 2 amide bonds. The van der Waals surface area contributed by atoms with E-state index in [1.165, 1.54) is 23.1 Å². The minimum atomic E-state index is -3.26. The Bertz CT molecular complexity index is 940. The lowest BCUT2D eigenvalue weighted by Crippen LogP contribution is -2.44. The maximum Gasteiger partial charge on any atom is 0.317 e. The molecule has 152 valence electrons. The van der Waals surface area contributed by atoms with E-state index in [0.717, 1.165) is 11.8 Å². The van der Waals surface area contributed by atoms with Crippen LogP contribution >= 0.6 is 0 Å². The maximum atomic E-state index is 14.1. The fraction of sp³-hybridized carbons (Fsp3) is 0.381. The molecule has 2 aromatic rings. The standard InChI is InChI=1S/C21H27FN2O3S/c1-15(16-10-12-17(13-11-16)28(5,26)27)24(4)20(25)23-14-21(2,3)18-8-6-7-9-19(18)22/h6-13,15H,14H2,1-5H3,(H,23,25). The third-order valence-electron chi connectivity index (χ3n) is 4.98. The Kier molecular flexibility index (Phi) is 6.49. The fourth-order valence-corrected chi connectivity index (χ4v) is 3.55. The van der Waals surface area contributed by atoms with Crippen LogP contribution in [-0.2, 0) is 15.3 Å². The van der Waals surface area contributed by atoms with Gasteiger partial charge in [-0.3, -0.25) is 0 Å². The molecule has 2 rings (SSSR count). The number of rotatable bonds is 6. The number of halogens is 1. The van der Waals surface area contributed by atoms with Gasteiger partial charge in [0.2, 0.25) is 0 Å². The highest BCUT2D eigenvalue weighted by Crippen LogP contribution is 2.25. The summed E-state index contributed by atoms with van der Waals surface area (Å²) in [4.78, 5) is 14.3. The first-order chi connectivity index (χ1) is 12.9. The molecule has 0 saturated heterocycles. The van der Waals surface area contributed by atoms with Crippen LogP contribution < -0.4 is 5.32 Å². The summed E-state index contributed by atoms with van der Waals surface area (Å²) in [6.07, 6.45) is 1.16. The Morgan fingerprint density at radius 1 is 1.14 bits per heavy atom. The summed E-state index contributed by atoms with van der Waals surface area (Å²) < 4.78 is 37.2. The molecule has 0 fully saturated rings. The van der Waals surface area contributed by atoms with Crippen molar-refractivity contribution in [3.63, 3.8) is 0 Å². The Morgan fingerprint density at radius 2 is 1.71 bits per heavy atom. The number of carbonyl (C=O) groups excluding carboxylic acids is 1. The molecule has 28 heavy (non-hydrogen) atoms. The van der Waals surface area contributed by atoms with Gasteiger partial charge in [0.05, 0.1) is 10.9 Å². The number of amides is 2. The molecular weight excluding hydrogens is 379 g/mol. The summed E-state index contributed by atoms with van der Waals surface area (Å²) in [5.41, 5.74) is 0.795. The Morgan fingerprint density at radius 3 is 2.25 bits per heavy atom. The number of hydrogen-bond donors (Lipinski definition) is 1. The number of urea groups is 1. The topological polar surface area (TPSA) is 66.5 Å². The number of sulfone groups is 1. The van der Waals surface area contributed by atoms with Gasteiger partial charge in [-0.15, -0.1) is 0 Å². The molecule has 0 radical (unpaired) electrons. The zero-order chi connectivity index (χ0) is 21.1. The van der Waals surface area contributed by atoms with Crippen LogP contribution in [-0.4, -0.2) is 39.2 Å². The van der Waals surface area contributed by atoms with Gasteiger partial charge in [0.25, 0.3) is 0 Å². The molecule has 1 atom stereocenters. The van der Waals surface area contributed by atoms with Crippen molar-refractivity contribution in [2.45, 2.75) is 37.1 Å². The van der Waals surface area contributed by atoms with E-state index in [4.69, 9.17) is 0 Å². The predicted molar refractivity (Wildman–Crippen MR) is 109 cm³/mol. The quantitative estimate of drug-likeness (QED) is 0.791. The van der Waals surface area contributed by atoms with Crippen LogP contribution in [0.15, 0.2) is 53.4 Å². The highest BCUT2D eigenvalue weighted by molar-refractivity contribution is 7.90. The summed E-state index contributed by atoms with van der Waals surface area (Å²) in [6.45, 7) is 5.88. The minimum absolute atomic E-state index is 0.238. The van der Waals surface area contributed by atoms with Crippen molar-refractivity contribution in [1.29, 1.82) is 0 Å². The van der Waals surface area contributed by atoms with E-state index >= 15 is 0 Å². The van der Waals surface area contributed by atoms with Gasteiger partial charge in [0, 0.05) is 25.3 Å². The van der Waals surface area contributed by atoms with E-state index in [9.17, 15) is 17.6 Å². The first-order valence-corrected chi connectivity index (χ1v) is 10.9. The van der Waals surface area contributed by atoms with Crippen molar-refractivity contribution < 1.29 is 17.6 Å². The summed E-state index contributed by atoms with van der Waals surface area (Å²) in [5, 5.41) is 2.86. The Balaban J connectivity index is 2.04. The molecule has 1 unspecified atom stereocenters. The third-order valence-corrected chi connectivity index (χ3v) is 6.10. The molecule has 0 bridgehead atoms. The summed E-state index contributed by atoms with van der Waals surface area (Å²) in [5.74, 6) is -0.297. The molecule has 0 heterocycles. The van der Waals surface area contributed by atoms with Crippen molar-refractivity contribution in [3.05, 3.63) is 65.5 Å². The molecule has 0 saturated carbocycles. The maximum absolute atomic E-state index is 14.1. The molecule has 5 nitrogen and oxygen atoms in total. The summed E-state index contributed by atoms with van der Waals surface area (Å²) >= 11 is 0. The fourth-order valence-electron chi connectivity index (χ4n) is 2.92. The van der Waals surface area contributed by atoms with Crippen LogP contribution in [0.1, 0.15) is 37.9 Å². The predicted octanol–water partition coefficient (Wildman–Crippen LogP) is 3.91. The zero-order valence-corrected chi connectivity index (χ0v) is 17.7. The molecule has 0 aliphatic heterocycles. The van der Waals surface area contributed by atoms with E-state index in [-0.39, 0.29) is 29.3 Å². The molecule has 0 aliphatic carbocycles. The number of nitrogens with one attached hydrogen (secondary N) is 1. The Hall–Kier alpha value is -2.41. The van der Waals surface area contributed by atoms with E-state index < -0.39 is 15.3 Å². The van der Waals surface area contributed by atoms with Crippen LogP contribution in [0.4, 0.5) is 9.18 Å². The second-order valence-electron chi connectivity index (χ2n) is 7.65. The first kappa shape index (κ1) is 21.9. The lowest BCUT2D eigenvalue weighted by atomic mass is 9.84. The lowest BCUT2D eigenvalue weighted by Gasteiger charge is -2.30. The van der Waals surface area contributed by atoms with Crippen LogP contribution in [0.5, 0.6) is 0 Å². The van der Waals surface area contributed by atoms with Crippen molar-refractivity contribution in [1.82, 2.24) is 10.2 Å². The van der Waals surface area contributed by atoms with Crippen molar-refractivity contribution in [2.24, 2.45) is 0 Å². The van der Waals surface area contributed by atoms with Gasteiger partial charge in [0.1, 0.15) is 5.82 Å². The van der Waals surface area contributed by atoms with Crippen molar-refractivity contribution >= 4 is 15.9 Å². The lowest BCUT2D eigenvalue weighted by molar-refractivity contribution is 0.192. The van der Waals surface area contributed by atoms with Crippen LogP contribution in [0.3, 0.4) is 0 Å². The number of hydrogen-bond acceptors (Lipinski definition) is 3. The molecule has 2 aromatic carbocycles. The SMILES string of the molecule is CC(c1ccc(S(C)(=O)=O)cc1)N(C)C(=O)NCC(C)(C)c1ccccc1F. The van der Waals surface area contributed by atoms with Gasteiger partial charge in [-0.1, -0.05) is 44.2 Å². The smallest absolute Gasteiger partial charge is 0.317 e. The third kappa shape index (κ3) is 5.10. The van der Waals surface area contributed by atoms with E-state index in [1.54, 1.807) is 37.4 Å². The van der Waals surface area contributed by atoms with Crippen LogP contribution in [0, 0.1) is 5.82 Å². The molecule has 0 spiro atoms. The van der Waals surface area contributed by atoms with Crippen molar-refractivity contribution in [2.75, 3.05) is 19.8 Å². The molecule has 0 aliphatic rings. The summed E-state index contributed by atoms with van der Waals surface area (Å²) in [6, 6.07) is 12.5. The van der Waals surface area contributed by atoms with Gasteiger partial charge >= 0.3 is 6.03 Å². The number of carbonyl (C=O) groups is 1. The molecule has 7 heteroatoms. The van der Waals surface area contributed by atoms with Gasteiger partial charge < -0.3 is 10.2 Å². The number of benzene rings is 2.